The van der Waals surface area contributed by atoms with Crippen molar-refractivity contribution >= 4 is 5.91 Å². The number of pyridine rings is 1. The second-order valence-corrected chi connectivity index (χ2v) is 5.21. The maximum atomic E-state index is 12.6. The zero-order valence-electron chi connectivity index (χ0n) is 11.8. The number of nitrogens with zero attached hydrogens (tertiary/aromatic N) is 2. The van der Waals surface area contributed by atoms with Gasteiger partial charge in [0.15, 0.2) is 0 Å². The molecule has 1 aliphatic rings. The Balaban J connectivity index is 2.24. The summed E-state index contributed by atoms with van der Waals surface area (Å²) in [4.78, 5) is 18.7. The van der Waals surface area contributed by atoms with Gasteiger partial charge in [-0.1, -0.05) is 13.3 Å². The second-order valence-electron chi connectivity index (χ2n) is 5.21. The van der Waals surface area contributed by atoms with Gasteiger partial charge in [-0.05, 0) is 31.4 Å². The molecule has 0 radical (unpaired) electrons. The van der Waals surface area contributed by atoms with Crippen LogP contribution < -0.4 is 0 Å². The number of carbonyl (C=O) groups is 1. The highest BCUT2D eigenvalue weighted by Crippen LogP contribution is 2.35. The summed E-state index contributed by atoms with van der Waals surface area (Å²) >= 11 is 0. The molecular weight excluding hydrogens is 240 g/mol. The van der Waals surface area contributed by atoms with Crippen molar-refractivity contribution in [3.05, 3.63) is 30.1 Å². The van der Waals surface area contributed by atoms with Crippen molar-refractivity contribution in [2.75, 3.05) is 20.3 Å². The van der Waals surface area contributed by atoms with Gasteiger partial charge in [0, 0.05) is 26.0 Å². The Bertz CT molecular complexity index is 413. The summed E-state index contributed by atoms with van der Waals surface area (Å²) in [5, 5.41) is 0. The van der Waals surface area contributed by atoms with Gasteiger partial charge in [0.1, 0.15) is 0 Å². The van der Waals surface area contributed by atoms with E-state index in [-0.39, 0.29) is 11.4 Å². The Morgan fingerprint density at radius 1 is 1.58 bits per heavy atom. The van der Waals surface area contributed by atoms with Crippen LogP contribution in [0.4, 0.5) is 0 Å². The average molecular weight is 262 g/mol. The Kier molecular flexibility index (Phi) is 4.53. The van der Waals surface area contributed by atoms with Crippen LogP contribution in [0.5, 0.6) is 0 Å². The van der Waals surface area contributed by atoms with Crippen LogP contribution in [-0.4, -0.2) is 41.6 Å². The molecule has 1 amide bonds. The van der Waals surface area contributed by atoms with E-state index in [9.17, 15) is 4.79 Å². The summed E-state index contributed by atoms with van der Waals surface area (Å²) in [6.07, 6.45) is 7.46. The topological polar surface area (TPSA) is 42.4 Å². The molecule has 4 heteroatoms. The number of hydrogen-bond acceptors (Lipinski definition) is 3. The number of methoxy groups -OCH3 is 1. The minimum Gasteiger partial charge on any atom is -0.382 e. The van der Waals surface area contributed by atoms with E-state index in [0.717, 1.165) is 32.2 Å². The molecule has 1 atom stereocenters. The first-order valence-corrected chi connectivity index (χ1v) is 6.94. The predicted octanol–water partition coefficient (Wildman–Crippen LogP) is 2.50. The molecule has 0 spiro atoms. The molecule has 1 aromatic rings. The standard InChI is InChI=1S/C15H22N2O2/c1-3-7-15(12-19-2)8-5-10-17(15)14(18)13-6-4-9-16-11-13/h4,6,9,11H,3,5,7-8,10,12H2,1-2H3. The number of rotatable bonds is 5. The number of ether oxygens (including phenoxy) is 1. The van der Waals surface area contributed by atoms with Crippen LogP contribution in [0.1, 0.15) is 43.0 Å². The van der Waals surface area contributed by atoms with Crippen molar-refractivity contribution in [2.45, 2.75) is 38.1 Å². The minimum atomic E-state index is -0.129. The van der Waals surface area contributed by atoms with Crippen molar-refractivity contribution in [3.63, 3.8) is 0 Å². The second kappa shape index (κ2) is 6.15. The number of likely N-dealkylation sites (tertiary alicyclic amines) is 1. The van der Waals surface area contributed by atoms with E-state index in [1.807, 2.05) is 11.0 Å². The number of carbonyl (C=O) groups excluding carboxylic acids is 1. The highest BCUT2D eigenvalue weighted by molar-refractivity contribution is 5.94. The molecule has 0 saturated carbocycles. The van der Waals surface area contributed by atoms with Crippen molar-refractivity contribution in [2.24, 2.45) is 0 Å². The molecule has 1 aliphatic heterocycles. The van der Waals surface area contributed by atoms with Crippen LogP contribution in [0.25, 0.3) is 0 Å². The van der Waals surface area contributed by atoms with Crippen LogP contribution in [-0.2, 0) is 4.74 Å². The Labute approximate surface area is 114 Å². The van der Waals surface area contributed by atoms with Crippen molar-refractivity contribution < 1.29 is 9.53 Å². The molecule has 0 aliphatic carbocycles. The lowest BCUT2D eigenvalue weighted by atomic mass is 9.91. The van der Waals surface area contributed by atoms with Crippen LogP contribution in [0, 0.1) is 0 Å². The molecule has 1 saturated heterocycles. The molecule has 1 unspecified atom stereocenters. The van der Waals surface area contributed by atoms with Crippen molar-refractivity contribution in [1.29, 1.82) is 0 Å². The first-order chi connectivity index (χ1) is 9.23. The van der Waals surface area contributed by atoms with E-state index in [1.165, 1.54) is 0 Å². The third-order valence-electron chi connectivity index (χ3n) is 3.88. The van der Waals surface area contributed by atoms with E-state index >= 15 is 0 Å². The summed E-state index contributed by atoms with van der Waals surface area (Å²) in [5.74, 6) is 0.0797. The van der Waals surface area contributed by atoms with Crippen LogP contribution in [0.2, 0.25) is 0 Å². The van der Waals surface area contributed by atoms with Gasteiger partial charge in [-0.25, -0.2) is 0 Å². The highest BCUT2D eigenvalue weighted by atomic mass is 16.5. The summed E-state index contributed by atoms with van der Waals surface area (Å²) in [6.45, 7) is 3.59. The molecule has 4 nitrogen and oxygen atoms in total. The third kappa shape index (κ3) is 2.78. The largest absolute Gasteiger partial charge is 0.382 e. The minimum absolute atomic E-state index is 0.0797. The molecule has 0 bridgehead atoms. The lowest BCUT2D eigenvalue weighted by Crippen LogP contribution is -2.50. The fourth-order valence-corrected chi connectivity index (χ4v) is 3.12. The Morgan fingerprint density at radius 3 is 3.05 bits per heavy atom. The zero-order chi connectivity index (χ0) is 13.7. The Morgan fingerprint density at radius 2 is 2.42 bits per heavy atom. The van der Waals surface area contributed by atoms with Gasteiger partial charge < -0.3 is 9.64 Å². The lowest BCUT2D eigenvalue weighted by Gasteiger charge is -2.38. The first-order valence-electron chi connectivity index (χ1n) is 6.94. The first kappa shape index (κ1) is 14.0. The SMILES string of the molecule is CCCC1(COC)CCCN1C(=O)c1cccnc1. The maximum absolute atomic E-state index is 12.6. The fourth-order valence-electron chi connectivity index (χ4n) is 3.12. The smallest absolute Gasteiger partial charge is 0.255 e. The van der Waals surface area contributed by atoms with E-state index in [4.69, 9.17) is 4.74 Å². The summed E-state index contributed by atoms with van der Waals surface area (Å²) in [6, 6.07) is 3.64. The van der Waals surface area contributed by atoms with Gasteiger partial charge in [0.05, 0.1) is 17.7 Å². The highest BCUT2D eigenvalue weighted by Gasteiger charge is 2.43. The molecule has 0 aromatic carbocycles. The molecule has 1 aromatic heterocycles. The molecule has 2 rings (SSSR count). The lowest BCUT2D eigenvalue weighted by molar-refractivity contribution is 0.0254. The van der Waals surface area contributed by atoms with Crippen molar-refractivity contribution in [1.82, 2.24) is 9.88 Å². The third-order valence-corrected chi connectivity index (χ3v) is 3.88. The van der Waals surface area contributed by atoms with Crippen molar-refractivity contribution in [3.8, 4) is 0 Å². The van der Waals surface area contributed by atoms with Gasteiger partial charge >= 0.3 is 0 Å². The molecular formula is C15H22N2O2. The van der Waals surface area contributed by atoms with Gasteiger partial charge in [0.25, 0.3) is 5.91 Å². The number of hydrogen-bond donors (Lipinski definition) is 0. The van der Waals surface area contributed by atoms with E-state index in [0.29, 0.717) is 12.2 Å². The van der Waals surface area contributed by atoms with E-state index in [2.05, 4.69) is 11.9 Å². The van der Waals surface area contributed by atoms with Gasteiger partial charge in [-0.2, -0.15) is 0 Å². The summed E-state index contributed by atoms with van der Waals surface area (Å²) in [7, 11) is 1.71. The Hall–Kier alpha value is -1.42. The number of aromatic nitrogens is 1. The monoisotopic (exact) mass is 262 g/mol. The molecule has 19 heavy (non-hydrogen) atoms. The summed E-state index contributed by atoms with van der Waals surface area (Å²) < 4.78 is 5.39. The van der Waals surface area contributed by atoms with E-state index in [1.54, 1.807) is 25.6 Å². The van der Waals surface area contributed by atoms with Crippen LogP contribution >= 0.6 is 0 Å². The van der Waals surface area contributed by atoms with Crippen LogP contribution in [0.3, 0.4) is 0 Å². The maximum Gasteiger partial charge on any atom is 0.255 e. The molecule has 104 valence electrons. The summed E-state index contributed by atoms with van der Waals surface area (Å²) in [5.41, 5.74) is 0.539. The quantitative estimate of drug-likeness (QED) is 0.818. The molecule has 1 fully saturated rings. The zero-order valence-corrected chi connectivity index (χ0v) is 11.8. The average Bonchev–Trinajstić information content (AvgIpc) is 2.83. The number of amides is 1. The normalized spacial score (nSPS) is 22.7. The predicted molar refractivity (Wildman–Crippen MR) is 74.0 cm³/mol. The van der Waals surface area contributed by atoms with Crippen LogP contribution in [0.15, 0.2) is 24.5 Å². The van der Waals surface area contributed by atoms with Gasteiger partial charge in [0.2, 0.25) is 0 Å². The van der Waals surface area contributed by atoms with Gasteiger partial charge in [-0.3, -0.25) is 9.78 Å². The molecule has 2 heterocycles. The van der Waals surface area contributed by atoms with Gasteiger partial charge in [-0.15, -0.1) is 0 Å². The fraction of sp³-hybridized carbons (Fsp3) is 0.600. The molecule has 0 N–H and O–H groups in total. The van der Waals surface area contributed by atoms with E-state index < -0.39 is 0 Å².